The molecule has 0 saturated carbocycles. The number of benzene rings is 2. The number of carbonyl (C=O) groups is 1. The molecule has 3 heterocycles. The Kier molecular flexibility index (Phi) is 3.90. The number of ketones is 1. The quantitative estimate of drug-likeness (QED) is 0.660. The summed E-state index contributed by atoms with van der Waals surface area (Å²) in [6.07, 6.45) is 1.88. The van der Waals surface area contributed by atoms with Gasteiger partial charge in [-0.05, 0) is 38.5 Å². The number of aromatic nitrogens is 1. The van der Waals surface area contributed by atoms with Gasteiger partial charge in [-0.2, -0.15) is 0 Å². The molecule has 3 atom stereocenters. The summed E-state index contributed by atoms with van der Waals surface area (Å²) in [6, 6.07) is 15.2. The minimum atomic E-state index is -1.02. The van der Waals surface area contributed by atoms with E-state index in [0.29, 0.717) is 15.1 Å². The van der Waals surface area contributed by atoms with Crippen LogP contribution >= 0.6 is 11.3 Å². The SMILES string of the molecule is CC(=O)[C@@H]1[C@H]2c3ccccc3O[C@@]1(C)N=c1s/c(=C/c3ccc(C)cc3)c(=O)n12. The fraction of sp³-hybridized carbons (Fsp3) is 0.261. The first-order valence-electron chi connectivity index (χ1n) is 9.55. The van der Waals surface area contributed by atoms with Crippen molar-refractivity contribution in [2.75, 3.05) is 0 Å². The Morgan fingerprint density at radius 2 is 1.93 bits per heavy atom. The molecule has 5 nitrogen and oxygen atoms in total. The largest absolute Gasteiger partial charge is 0.465 e. The third-order valence-corrected chi connectivity index (χ3v) is 6.68. The molecule has 146 valence electrons. The highest BCUT2D eigenvalue weighted by Crippen LogP contribution is 2.47. The maximum Gasteiger partial charge on any atom is 0.270 e. The predicted molar refractivity (Wildman–Crippen MR) is 112 cm³/mol. The van der Waals surface area contributed by atoms with Crippen LogP contribution in [0, 0.1) is 12.8 Å². The lowest BCUT2D eigenvalue weighted by atomic mass is 9.79. The fourth-order valence-electron chi connectivity index (χ4n) is 4.37. The molecule has 0 N–H and O–H groups in total. The molecule has 0 spiro atoms. The van der Waals surface area contributed by atoms with Gasteiger partial charge in [-0.25, -0.2) is 4.99 Å². The smallest absolute Gasteiger partial charge is 0.270 e. The Morgan fingerprint density at radius 1 is 1.21 bits per heavy atom. The second-order valence-corrected chi connectivity index (χ2v) is 8.83. The third kappa shape index (κ3) is 2.70. The summed E-state index contributed by atoms with van der Waals surface area (Å²) < 4.78 is 8.48. The number of aryl methyl sites for hydroxylation is 1. The first-order chi connectivity index (χ1) is 13.9. The molecule has 6 heteroatoms. The average Bonchev–Trinajstić information content (AvgIpc) is 2.96. The number of hydrogen-bond donors (Lipinski definition) is 0. The molecule has 29 heavy (non-hydrogen) atoms. The predicted octanol–water partition coefficient (Wildman–Crippen LogP) is 2.58. The van der Waals surface area contributed by atoms with E-state index >= 15 is 0 Å². The van der Waals surface area contributed by atoms with E-state index < -0.39 is 17.7 Å². The van der Waals surface area contributed by atoms with E-state index in [4.69, 9.17) is 9.73 Å². The van der Waals surface area contributed by atoms with Gasteiger partial charge in [0.2, 0.25) is 5.72 Å². The summed E-state index contributed by atoms with van der Waals surface area (Å²) in [5.41, 5.74) is 1.83. The molecule has 2 aromatic carbocycles. The molecule has 0 aliphatic carbocycles. The van der Waals surface area contributed by atoms with Gasteiger partial charge in [-0.15, -0.1) is 0 Å². The maximum atomic E-state index is 13.4. The van der Waals surface area contributed by atoms with Crippen LogP contribution in [0.15, 0.2) is 58.3 Å². The van der Waals surface area contributed by atoms with Crippen LogP contribution in [-0.4, -0.2) is 16.1 Å². The highest BCUT2D eigenvalue weighted by molar-refractivity contribution is 7.07. The van der Waals surface area contributed by atoms with Crippen molar-refractivity contribution in [1.82, 2.24) is 4.57 Å². The van der Waals surface area contributed by atoms with Crippen molar-refractivity contribution in [2.24, 2.45) is 10.9 Å². The highest BCUT2D eigenvalue weighted by atomic mass is 32.1. The number of nitrogens with zero attached hydrogens (tertiary/aromatic N) is 2. The minimum absolute atomic E-state index is 0.0384. The molecule has 2 aliphatic heterocycles. The van der Waals surface area contributed by atoms with Crippen molar-refractivity contribution in [2.45, 2.75) is 32.5 Å². The summed E-state index contributed by atoms with van der Waals surface area (Å²) >= 11 is 1.34. The van der Waals surface area contributed by atoms with Crippen molar-refractivity contribution in [3.63, 3.8) is 0 Å². The van der Waals surface area contributed by atoms with Crippen LogP contribution in [0.2, 0.25) is 0 Å². The second kappa shape index (κ2) is 6.26. The van der Waals surface area contributed by atoms with Gasteiger partial charge < -0.3 is 4.74 Å². The molecule has 0 fully saturated rings. The van der Waals surface area contributed by atoms with Crippen LogP contribution in [0.25, 0.3) is 6.08 Å². The molecular formula is C23H20N2O3S. The molecule has 2 bridgehead atoms. The van der Waals surface area contributed by atoms with E-state index in [1.807, 2.05) is 68.5 Å². The topological polar surface area (TPSA) is 60.7 Å². The van der Waals surface area contributed by atoms with Crippen molar-refractivity contribution in [3.05, 3.63) is 84.9 Å². The molecule has 5 rings (SSSR count). The van der Waals surface area contributed by atoms with E-state index in [1.165, 1.54) is 16.9 Å². The van der Waals surface area contributed by atoms with Gasteiger partial charge in [0.25, 0.3) is 5.56 Å². The molecule has 0 unspecified atom stereocenters. The number of fused-ring (bicyclic) bond motifs is 6. The molecule has 3 aromatic rings. The summed E-state index contributed by atoms with van der Waals surface area (Å²) in [7, 11) is 0. The van der Waals surface area contributed by atoms with E-state index in [1.54, 1.807) is 11.5 Å². The van der Waals surface area contributed by atoms with E-state index in [0.717, 1.165) is 11.1 Å². The summed E-state index contributed by atoms with van der Waals surface area (Å²) in [4.78, 5) is 31.4. The van der Waals surface area contributed by atoms with Gasteiger partial charge in [0.15, 0.2) is 4.80 Å². The van der Waals surface area contributed by atoms with Gasteiger partial charge in [0.05, 0.1) is 10.6 Å². The van der Waals surface area contributed by atoms with Gasteiger partial charge in [0, 0.05) is 5.56 Å². The Balaban J connectivity index is 1.80. The Hall–Kier alpha value is -2.99. The monoisotopic (exact) mass is 404 g/mol. The van der Waals surface area contributed by atoms with Gasteiger partial charge >= 0.3 is 0 Å². The zero-order valence-corrected chi connectivity index (χ0v) is 17.2. The average molecular weight is 404 g/mol. The Morgan fingerprint density at radius 3 is 2.66 bits per heavy atom. The first-order valence-corrected chi connectivity index (χ1v) is 10.4. The van der Waals surface area contributed by atoms with Gasteiger partial charge in [-0.1, -0.05) is 59.4 Å². The number of para-hydroxylation sites is 1. The molecule has 0 amide bonds. The lowest BCUT2D eigenvalue weighted by molar-refractivity contribution is -0.132. The van der Waals surface area contributed by atoms with Crippen molar-refractivity contribution >= 4 is 23.2 Å². The first kappa shape index (κ1) is 18.1. The Labute approximate surface area is 171 Å². The van der Waals surface area contributed by atoms with Crippen molar-refractivity contribution in [1.29, 1.82) is 0 Å². The number of ether oxygens (including phenoxy) is 1. The zero-order valence-electron chi connectivity index (χ0n) is 16.4. The number of carbonyl (C=O) groups excluding carboxylic acids is 1. The van der Waals surface area contributed by atoms with Crippen LogP contribution < -0.4 is 19.6 Å². The molecular weight excluding hydrogens is 384 g/mol. The van der Waals surface area contributed by atoms with Crippen LogP contribution in [-0.2, 0) is 4.79 Å². The van der Waals surface area contributed by atoms with Crippen molar-refractivity contribution < 1.29 is 9.53 Å². The normalized spacial score (nSPS) is 24.9. The third-order valence-electron chi connectivity index (χ3n) is 5.69. The number of rotatable bonds is 2. The fourth-order valence-corrected chi connectivity index (χ4v) is 5.47. The molecule has 0 radical (unpaired) electrons. The van der Waals surface area contributed by atoms with Crippen LogP contribution in [0.3, 0.4) is 0 Å². The number of Topliss-reactive ketones (excluding diaryl/α,β-unsaturated/α-hetero) is 1. The summed E-state index contributed by atoms with van der Waals surface area (Å²) in [5, 5.41) is 0. The van der Waals surface area contributed by atoms with Gasteiger partial charge in [-0.3, -0.25) is 14.2 Å². The molecule has 0 saturated heterocycles. The Bertz CT molecular complexity index is 1320. The van der Waals surface area contributed by atoms with E-state index in [9.17, 15) is 9.59 Å². The number of hydrogen-bond acceptors (Lipinski definition) is 5. The zero-order chi connectivity index (χ0) is 20.3. The van der Waals surface area contributed by atoms with E-state index in [-0.39, 0.29) is 11.3 Å². The van der Waals surface area contributed by atoms with Crippen LogP contribution in [0.4, 0.5) is 0 Å². The minimum Gasteiger partial charge on any atom is -0.465 e. The second-order valence-electron chi connectivity index (χ2n) is 7.82. The van der Waals surface area contributed by atoms with E-state index in [2.05, 4.69) is 0 Å². The summed E-state index contributed by atoms with van der Waals surface area (Å²) in [6.45, 7) is 5.41. The lowest BCUT2D eigenvalue weighted by Crippen LogP contribution is -2.58. The molecule has 1 aromatic heterocycles. The number of thiazole rings is 1. The van der Waals surface area contributed by atoms with Crippen LogP contribution in [0.1, 0.15) is 36.6 Å². The van der Waals surface area contributed by atoms with Crippen LogP contribution in [0.5, 0.6) is 5.75 Å². The molecule has 2 aliphatic rings. The van der Waals surface area contributed by atoms with Crippen molar-refractivity contribution in [3.8, 4) is 5.75 Å². The highest BCUT2D eigenvalue weighted by Gasteiger charge is 2.53. The maximum absolute atomic E-state index is 13.4. The standard InChI is InChI=1S/C23H20N2O3S/c1-13-8-10-15(11-9-13)12-18-21(27)25-20-16-6-4-5-7-17(16)28-23(3,19(20)14(2)26)24-22(25)29-18/h4-12,19-20H,1-3H3/b18-12+/t19-,20-,23-/m1/s1. The van der Waals surface area contributed by atoms with Gasteiger partial charge in [0.1, 0.15) is 17.5 Å². The summed E-state index contributed by atoms with van der Waals surface area (Å²) in [5.74, 6) is 0.0852. The lowest BCUT2D eigenvalue weighted by Gasteiger charge is -2.45.